The predicted molar refractivity (Wildman–Crippen MR) is 68.6 cm³/mol. The molecular formula is C13H18OSi. The van der Waals surface area contributed by atoms with E-state index in [0.717, 1.165) is 29.5 Å². The normalized spacial score (nSPS) is 21.4. The van der Waals surface area contributed by atoms with Crippen LogP contribution in [0.3, 0.4) is 0 Å². The molecule has 0 N–H and O–H groups in total. The van der Waals surface area contributed by atoms with Crippen molar-refractivity contribution < 1.29 is 4.74 Å². The van der Waals surface area contributed by atoms with Gasteiger partial charge in [-0.2, -0.15) is 0 Å². The molecule has 0 fully saturated rings. The van der Waals surface area contributed by atoms with E-state index >= 15 is 0 Å². The first-order valence-corrected chi connectivity index (χ1v) is 6.58. The van der Waals surface area contributed by atoms with Gasteiger partial charge in [-0.05, 0) is 30.4 Å². The highest BCUT2D eigenvalue weighted by Gasteiger charge is 2.14. The lowest BCUT2D eigenvalue weighted by Gasteiger charge is -2.20. The van der Waals surface area contributed by atoms with E-state index in [0.29, 0.717) is 6.10 Å². The molecule has 0 saturated heterocycles. The summed E-state index contributed by atoms with van der Waals surface area (Å²) in [7, 11) is 2.95. The van der Waals surface area contributed by atoms with Gasteiger partial charge >= 0.3 is 0 Å². The van der Waals surface area contributed by atoms with Crippen molar-refractivity contribution in [2.75, 3.05) is 7.11 Å². The van der Waals surface area contributed by atoms with Gasteiger partial charge in [-0.25, -0.2) is 0 Å². The number of methoxy groups -OCH3 is 1. The van der Waals surface area contributed by atoms with Gasteiger partial charge in [0.2, 0.25) is 0 Å². The zero-order chi connectivity index (χ0) is 10.7. The Bertz CT molecular complexity index is 353. The number of allylic oxidation sites excluding steroid dienone is 1. The summed E-state index contributed by atoms with van der Waals surface area (Å²) in [5.74, 6) is 0. The Kier molecular flexibility index (Phi) is 3.39. The molecule has 0 aliphatic heterocycles. The fourth-order valence-corrected chi connectivity index (χ4v) is 2.39. The quantitative estimate of drug-likeness (QED) is 0.679. The topological polar surface area (TPSA) is 9.23 Å². The molecule has 1 aliphatic rings. The van der Waals surface area contributed by atoms with Crippen LogP contribution in [0.15, 0.2) is 30.3 Å². The van der Waals surface area contributed by atoms with Crippen LogP contribution in [0.4, 0.5) is 0 Å². The average molecular weight is 218 g/mol. The number of hydrogen-bond donors (Lipinski definition) is 0. The number of ether oxygens (including phenoxy) is 1. The molecule has 2 rings (SSSR count). The first-order chi connectivity index (χ1) is 7.29. The molecule has 1 nitrogen and oxygen atoms in total. The summed E-state index contributed by atoms with van der Waals surface area (Å²) in [6.07, 6.45) is 6.14. The van der Waals surface area contributed by atoms with Gasteiger partial charge in [0.25, 0.3) is 0 Å². The lowest BCUT2D eigenvalue weighted by Crippen LogP contribution is -2.13. The zero-order valence-electron chi connectivity index (χ0n) is 9.49. The van der Waals surface area contributed by atoms with E-state index < -0.39 is 0 Å². The number of benzene rings is 1. The largest absolute Gasteiger partial charge is 0.381 e. The van der Waals surface area contributed by atoms with Crippen LogP contribution < -0.4 is 5.19 Å². The fraction of sp³-hybridized carbons (Fsp3) is 0.385. The first kappa shape index (κ1) is 10.6. The third-order valence-corrected chi connectivity index (χ3v) is 3.79. The summed E-state index contributed by atoms with van der Waals surface area (Å²) in [5.41, 5.74) is 2.88. The van der Waals surface area contributed by atoms with Crippen LogP contribution in [-0.4, -0.2) is 23.5 Å². The van der Waals surface area contributed by atoms with Gasteiger partial charge in [-0.3, -0.25) is 0 Å². The molecule has 0 aromatic heterocycles. The van der Waals surface area contributed by atoms with Crippen molar-refractivity contribution >= 4 is 21.0 Å². The maximum atomic E-state index is 5.36. The molecule has 2 heteroatoms. The van der Waals surface area contributed by atoms with E-state index in [9.17, 15) is 0 Å². The maximum Gasteiger partial charge on any atom is 0.0609 e. The number of hydrogen-bond acceptors (Lipinski definition) is 1. The van der Waals surface area contributed by atoms with Crippen molar-refractivity contribution in [3.8, 4) is 0 Å². The zero-order valence-corrected chi connectivity index (χ0v) is 11.5. The van der Waals surface area contributed by atoms with Crippen LogP contribution in [0.5, 0.6) is 0 Å². The Morgan fingerprint density at radius 3 is 2.53 bits per heavy atom. The third kappa shape index (κ3) is 2.58. The van der Waals surface area contributed by atoms with Crippen LogP contribution in [0.2, 0.25) is 0 Å². The summed E-state index contributed by atoms with van der Waals surface area (Å²) in [6.45, 7) is 0. The molecule has 1 unspecified atom stereocenters. The Hall–Kier alpha value is -0.863. The van der Waals surface area contributed by atoms with Gasteiger partial charge < -0.3 is 4.74 Å². The Balaban J connectivity index is 2.12. The van der Waals surface area contributed by atoms with Gasteiger partial charge in [-0.1, -0.05) is 35.5 Å². The van der Waals surface area contributed by atoms with Crippen molar-refractivity contribution in [1.82, 2.24) is 0 Å². The van der Waals surface area contributed by atoms with E-state index in [1.807, 2.05) is 0 Å². The second kappa shape index (κ2) is 4.77. The second-order valence-electron chi connectivity index (χ2n) is 4.23. The third-order valence-electron chi connectivity index (χ3n) is 3.12. The molecule has 1 atom stereocenters. The average Bonchev–Trinajstić information content (AvgIpc) is 2.30. The van der Waals surface area contributed by atoms with Crippen molar-refractivity contribution in [2.45, 2.75) is 25.4 Å². The Labute approximate surface area is 94.6 Å². The molecule has 15 heavy (non-hydrogen) atoms. The predicted octanol–water partition coefficient (Wildman–Crippen LogP) is 1.26. The summed E-state index contributed by atoms with van der Waals surface area (Å²) in [4.78, 5) is 0. The van der Waals surface area contributed by atoms with E-state index in [1.54, 1.807) is 7.11 Å². The monoisotopic (exact) mass is 218 g/mol. The van der Waals surface area contributed by atoms with Gasteiger partial charge in [0.15, 0.2) is 0 Å². The van der Waals surface area contributed by atoms with Crippen molar-refractivity contribution in [3.05, 3.63) is 35.9 Å². The molecule has 1 aliphatic carbocycles. The van der Waals surface area contributed by atoms with Crippen LogP contribution >= 0.6 is 0 Å². The Morgan fingerprint density at radius 2 is 2.00 bits per heavy atom. The second-order valence-corrected chi connectivity index (χ2v) is 5.38. The van der Waals surface area contributed by atoms with E-state index in [-0.39, 0.29) is 0 Å². The molecule has 0 radical (unpaired) electrons. The number of rotatable bonds is 2. The smallest absolute Gasteiger partial charge is 0.0609 e. The standard InChI is InChI=1S/C13H18OSi/c1-14-12-6-2-10(3-7-12)11-4-8-13(15)9-5-11/h2,4-5,8-9,12H,3,6-7H2,1,15H3. The molecule has 1 aromatic carbocycles. The molecule has 0 bridgehead atoms. The van der Waals surface area contributed by atoms with Gasteiger partial charge in [0.05, 0.1) is 6.10 Å². The Morgan fingerprint density at radius 1 is 1.27 bits per heavy atom. The fourth-order valence-electron chi connectivity index (χ4n) is 2.05. The van der Waals surface area contributed by atoms with E-state index in [2.05, 4.69) is 30.3 Å². The molecule has 80 valence electrons. The minimum absolute atomic E-state index is 0.437. The summed E-state index contributed by atoms with van der Waals surface area (Å²) in [5, 5.41) is 1.46. The van der Waals surface area contributed by atoms with Crippen LogP contribution in [-0.2, 0) is 4.74 Å². The van der Waals surface area contributed by atoms with Gasteiger partial charge in [0, 0.05) is 17.4 Å². The SMILES string of the molecule is COC1CC=C(c2ccc([SiH3])cc2)CC1. The van der Waals surface area contributed by atoms with Gasteiger partial charge in [0.1, 0.15) is 0 Å². The van der Waals surface area contributed by atoms with E-state index in [4.69, 9.17) is 4.74 Å². The first-order valence-electron chi connectivity index (χ1n) is 5.58. The van der Waals surface area contributed by atoms with Crippen molar-refractivity contribution in [1.29, 1.82) is 0 Å². The van der Waals surface area contributed by atoms with Crippen molar-refractivity contribution in [2.24, 2.45) is 0 Å². The molecule has 0 amide bonds. The minimum atomic E-state index is 0.437. The van der Waals surface area contributed by atoms with Crippen LogP contribution in [0.1, 0.15) is 24.8 Å². The summed E-state index contributed by atoms with van der Waals surface area (Å²) < 4.78 is 5.36. The molecule has 0 spiro atoms. The van der Waals surface area contributed by atoms with Crippen LogP contribution in [0, 0.1) is 0 Å². The van der Waals surface area contributed by atoms with E-state index in [1.165, 1.54) is 16.3 Å². The summed E-state index contributed by atoms with van der Waals surface area (Å²) >= 11 is 0. The molecular weight excluding hydrogens is 200 g/mol. The lowest BCUT2D eigenvalue weighted by atomic mass is 9.92. The highest BCUT2D eigenvalue weighted by molar-refractivity contribution is 6.32. The minimum Gasteiger partial charge on any atom is -0.381 e. The maximum absolute atomic E-state index is 5.36. The highest BCUT2D eigenvalue weighted by Crippen LogP contribution is 2.27. The van der Waals surface area contributed by atoms with Crippen molar-refractivity contribution in [3.63, 3.8) is 0 Å². The molecule has 0 saturated carbocycles. The van der Waals surface area contributed by atoms with Gasteiger partial charge in [-0.15, -0.1) is 0 Å². The molecule has 1 aromatic rings. The molecule has 0 heterocycles. The van der Waals surface area contributed by atoms with Crippen LogP contribution in [0.25, 0.3) is 5.57 Å². The lowest BCUT2D eigenvalue weighted by molar-refractivity contribution is 0.0964. The highest BCUT2D eigenvalue weighted by atomic mass is 28.1. The summed E-state index contributed by atoms with van der Waals surface area (Å²) in [6, 6.07) is 8.98.